The minimum atomic E-state index is 0.106. The molecule has 0 spiro atoms. The first kappa shape index (κ1) is 18.1. The Bertz CT molecular complexity index is 373. The Balaban J connectivity index is 2.56. The molecule has 0 radical (unpaired) electrons. The van der Waals surface area contributed by atoms with Crippen LogP contribution in [0.4, 0.5) is 0 Å². The van der Waals surface area contributed by atoms with Crippen LogP contribution >= 0.6 is 0 Å². The maximum atomic E-state index is 6.40. The van der Waals surface area contributed by atoms with Gasteiger partial charge in [0.25, 0.3) is 0 Å². The number of hydrogen-bond acceptors (Lipinski definition) is 3. The van der Waals surface area contributed by atoms with Crippen LogP contribution in [0.5, 0.6) is 0 Å². The number of nitrogens with two attached hydrogens (primary N) is 1. The fourth-order valence-corrected chi connectivity index (χ4v) is 2.56. The molecule has 120 valence electrons. The van der Waals surface area contributed by atoms with Crippen molar-refractivity contribution in [3.8, 4) is 0 Å². The van der Waals surface area contributed by atoms with Crippen molar-refractivity contribution in [3.05, 3.63) is 35.4 Å². The molecule has 1 rings (SSSR count). The second kappa shape index (κ2) is 9.93. The molecule has 0 fully saturated rings. The Morgan fingerprint density at radius 3 is 2.14 bits per heavy atom. The zero-order valence-corrected chi connectivity index (χ0v) is 14.3. The number of rotatable bonds is 10. The summed E-state index contributed by atoms with van der Waals surface area (Å²) in [4.78, 5) is 4.71. The van der Waals surface area contributed by atoms with Crippen LogP contribution in [0.1, 0.15) is 43.9 Å². The third-order valence-electron chi connectivity index (χ3n) is 3.80. The highest BCUT2D eigenvalue weighted by Crippen LogP contribution is 2.14. The lowest BCUT2D eigenvalue weighted by Gasteiger charge is -2.26. The Kier molecular flexibility index (Phi) is 8.58. The molecule has 3 nitrogen and oxygen atoms in total. The normalized spacial score (nSPS) is 13.1. The minimum Gasteiger partial charge on any atom is -0.323 e. The van der Waals surface area contributed by atoms with Gasteiger partial charge < -0.3 is 15.5 Å². The van der Waals surface area contributed by atoms with Crippen LogP contribution in [0.2, 0.25) is 0 Å². The van der Waals surface area contributed by atoms with Crippen molar-refractivity contribution < 1.29 is 0 Å². The van der Waals surface area contributed by atoms with Gasteiger partial charge in [0.2, 0.25) is 0 Å². The minimum absolute atomic E-state index is 0.106. The summed E-state index contributed by atoms with van der Waals surface area (Å²) in [6.45, 7) is 8.68. The fraction of sp³-hybridized carbons (Fsp3) is 0.667. The summed E-state index contributed by atoms with van der Waals surface area (Å²) < 4.78 is 0. The molecule has 0 bridgehead atoms. The quantitative estimate of drug-likeness (QED) is 0.719. The Labute approximate surface area is 131 Å². The monoisotopic (exact) mass is 291 g/mol. The van der Waals surface area contributed by atoms with Crippen molar-refractivity contribution in [1.29, 1.82) is 0 Å². The van der Waals surface area contributed by atoms with Gasteiger partial charge in [-0.25, -0.2) is 0 Å². The van der Waals surface area contributed by atoms with Crippen LogP contribution in [0.15, 0.2) is 24.3 Å². The Morgan fingerprint density at radius 1 is 0.952 bits per heavy atom. The van der Waals surface area contributed by atoms with E-state index < -0.39 is 0 Å². The summed E-state index contributed by atoms with van der Waals surface area (Å²) in [6.07, 6.45) is 3.52. The summed E-state index contributed by atoms with van der Waals surface area (Å²) in [7, 11) is 4.24. The van der Waals surface area contributed by atoms with E-state index in [1.165, 1.54) is 24.0 Å². The molecule has 1 atom stereocenters. The van der Waals surface area contributed by atoms with Gasteiger partial charge in [-0.3, -0.25) is 0 Å². The number of aryl methyl sites for hydroxylation is 1. The van der Waals surface area contributed by atoms with Gasteiger partial charge >= 0.3 is 0 Å². The van der Waals surface area contributed by atoms with Crippen molar-refractivity contribution in [2.45, 2.75) is 39.2 Å². The molecule has 0 heterocycles. The summed E-state index contributed by atoms with van der Waals surface area (Å²) in [5, 5.41) is 0. The number of hydrogen-bond donors (Lipinski definition) is 1. The molecular weight excluding hydrogens is 258 g/mol. The van der Waals surface area contributed by atoms with Crippen LogP contribution in [0, 0.1) is 0 Å². The zero-order chi connectivity index (χ0) is 15.7. The molecule has 0 aliphatic heterocycles. The van der Waals surface area contributed by atoms with Crippen molar-refractivity contribution in [1.82, 2.24) is 9.80 Å². The lowest BCUT2D eigenvalue weighted by atomic mass is 10.0. The first-order valence-electron chi connectivity index (χ1n) is 8.28. The molecule has 0 saturated heterocycles. The lowest BCUT2D eigenvalue weighted by molar-refractivity contribution is 0.229. The van der Waals surface area contributed by atoms with Crippen LogP contribution in [-0.2, 0) is 6.42 Å². The van der Waals surface area contributed by atoms with E-state index in [0.717, 1.165) is 32.6 Å². The van der Waals surface area contributed by atoms with E-state index in [2.05, 4.69) is 62.0 Å². The second-order valence-electron chi connectivity index (χ2n) is 6.20. The van der Waals surface area contributed by atoms with Crippen LogP contribution in [0.25, 0.3) is 0 Å². The van der Waals surface area contributed by atoms with Gasteiger partial charge in [-0.2, -0.15) is 0 Å². The molecule has 0 saturated carbocycles. The summed E-state index contributed by atoms with van der Waals surface area (Å²) >= 11 is 0. The summed E-state index contributed by atoms with van der Waals surface area (Å²) in [6, 6.07) is 8.96. The van der Waals surface area contributed by atoms with Gasteiger partial charge in [-0.15, -0.1) is 0 Å². The van der Waals surface area contributed by atoms with E-state index in [1.54, 1.807) is 0 Å². The number of benzene rings is 1. The van der Waals surface area contributed by atoms with Gasteiger partial charge in [-0.1, -0.05) is 44.5 Å². The molecule has 0 amide bonds. The van der Waals surface area contributed by atoms with Gasteiger partial charge in [0.1, 0.15) is 0 Å². The largest absolute Gasteiger partial charge is 0.323 e. The third kappa shape index (κ3) is 7.07. The van der Waals surface area contributed by atoms with Crippen molar-refractivity contribution in [2.24, 2.45) is 5.73 Å². The molecule has 0 aromatic heterocycles. The standard InChI is InChI=1S/C18H33N3/c1-5-7-16-8-10-17(11-9-16)18(19)15-21(12-6-2)14-13-20(3)4/h8-11,18H,5-7,12-15,19H2,1-4H3. The van der Waals surface area contributed by atoms with E-state index in [-0.39, 0.29) is 6.04 Å². The Morgan fingerprint density at radius 2 is 1.62 bits per heavy atom. The predicted molar refractivity (Wildman–Crippen MR) is 92.7 cm³/mol. The van der Waals surface area contributed by atoms with Crippen molar-refractivity contribution in [3.63, 3.8) is 0 Å². The second-order valence-corrected chi connectivity index (χ2v) is 6.20. The highest BCUT2D eigenvalue weighted by Gasteiger charge is 2.12. The number of likely N-dealkylation sites (N-methyl/N-ethyl adjacent to an activating group) is 1. The molecule has 1 unspecified atom stereocenters. The molecule has 1 aromatic rings. The molecule has 3 heteroatoms. The van der Waals surface area contributed by atoms with Gasteiger partial charge in [0, 0.05) is 25.7 Å². The molecule has 21 heavy (non-hydrogen) atoms. The zero-order valence-electron chi connectivity index (χ0n) is 14.3. The number of nitrogens with zero attached hydrogens (tertiary/aromatic N) is 2. The van der Waals surface area contributed by atoms with E-state index in [1.807, 2.05) is 0 Å². The average molecular weight is 291 g/mol. The lowest BCUT2D eigenvalue weighted by Crippen LogP contribution is -2.37. The predicted octanol–water partition coefficient (Wildman–Crippen LogP) is 2.91. The van der Waals surface area contributed by atoms with Gasteiger partial charge in [-0.05, 0) is 44.6 Å². The smallest absolute Gasteiger partial charge is 0.0424 e. The third-order valence-corrected chi connectivity index (χ3v) is 3.80. The van der Waals surface area contributed by atoms with E-state index in [9.17, 15) is 0 Å². The van der Waals surface area contributed by atoms with Crippen LogP contribution in [-0.4, -0.2) is 50.1 Å². The molecule has 1 aromatic carbocycles. The van der Waals surface area contributed by atoms with Crippen molar-refractivity contribution in [2.75, 3.05) is 40.3 Å². The molecule has 2 N–H and O–H groups in total. The fourth-order valence-electron chi connectivity index (χ4n) is 2.56. The average Bonchev–Trinajstić information content (AvgIpc) is 2.46. The van der Waals surface area contributed by atoms with Gasteiger partial charge in [0.15, 0.2) is 0 Å². The highest BCUT2D eigenvalue weighted by atomic mass is 15.2. The molecule has 0 aliphatic rings. The van der Waals surface area contributed by atoms with Crippen LogP contribution in [0.3, 0.4) is 0 Å². The molecular formula is C18H33N3. The van der Waals surface area contributed by atoms with Crippen LogP contribution < -0.4 is 5.73 Å². The first-order valence-corrected chi connectivity index (χ1v) is 8.28. The molecule has 0 aliphatic carbocycles. The van der Waals surface area contributed by atoms with Gasteiger partial charge in [0.05, 0.1) is 0 Å². The van der Waals surface area contributed by atoms with E-state index >= 15 is 0 Å². The SMILES string of the molecule is CCCc1ccc(C(N)CN(CCC)CCN(C)C)cc1. The van der Waals surface area contributed by atoms with E-state index in [4.69, 9.17) is 5.73 Å². The maximum absolute atomic E-state index is 6.40. The first-order chi connectivity index (χ1) is 10.1. The highest BCUT2D eigenvalue weighted by molar-refractivity contribution is 5.25. The van der Waals surface area contributed by atoms with Crippen molar-refractivity contribution >= 4 is 0 Å². The summed E-state index contributed by atoms with van der Waals surface area (Å²) in [5.74, 6) is 0. The Hall–Kier alpha value is -0.900. The topological polar surface area (TPSA) is 32.5 Å². The summed E-state index contributed by atoms with van der Waals surface area (Å²) in [5.41, 5.74) is 9.06. The maximum Gasteiger partial charge on any atom is 0.0424 e. The van der Waals surface area contributed by atoms with E-state index in [0.29, 0.717) is 0 Å².